The van der Waals surface area contributed by atoms with Crippen LogP contribution in [0.2, 0.25) is 0 Å². The topological polar surface area (TPSA) is 89.1 Å². The number of urea groups is 1. The third-order valence-electron chi connectivity index (χ3n) is 4.77. The molecule has 1 fully saturated rings. The third kappa shape index (κ3) is 7.46. The van der Waals surface area contributed by atoms with Crippen molar-refractivity contribution in [2.45, 2.75) is 26.8 Å². The summed E-state index contributed by atoms with van der Waals surface area (Å²) < 4.78 is 0. The van der Waals surface area contributed by atoms with Crippen molar-refractivity contribution in [3.63, 3.8) is 0 Å². The van der Waals surface area contributed by atoms with E-state index in [1.165, 1.54) is 10.5 Å². The lowest BCUT2D eigenvalue weighted by Crippen LogP contribution is -2.43. The lowest BCUT2D eigenvalue weighted by Gasteiger charge is -2.29. The summed E-state index contributed by atoms with van der Waals surface area (Å²) in [4.78, 5) is 31.6. The maximum Gasteiger partial charge on any atom is 0.324 e. The van der Waals surface area contributed by atoms with Crippen LogP contribution in [0.25, 0.3) is 0 Å². The number of halogens is 1. The first kappa shape index (κ1) is 25.2. The first-order valence-corrected chi connectivity index (χ1v) is 10.00. The van der Waals surface area contributed by atoms with Gasteiger partial charge in [-0.2, -0.15) is 0 Å². The van der Waals surface area contributed by atoms with Gasteiger partial charge in [-0.1, -0.05) is 44.2 Å². The largest absolute Gasteiger partial charge is 0.357 e. The molecule has 1 aromatic carbocycles. The van der Waals surface area contributed by atoms with Crippen LogP contribution >= 0.6 is 24.0 Å². The summed E-state index contributed by atoms with van der Waals surface area (Å²) in [7, 11) is 0. The molecular weight excluding hydrogens is 483 g/mol. The van der Waals surface area contributed by atoms with Gasteiger partial charge in [-0.15, -0.1) is 24.0 Å². The normalized spacial score (nSPS) is 15.2. The minimum Gasteiger partial charge on any atom is -0.357 e. The van der Waals surface area contributed by atoms with E-state index in [-0.39, 0.29) is 48.5 Å². The highest BCUT2D eigenvalue weighted by Gasteiger charge is 2.27. The van der Waals surface area contributed by atoms with E-state index in [1.54, 1.807) is 0 Å². The van der Waals surface area contributed by atoms with E-state index in [9.17, 15) is 9.59 Å². The van der Waals surface area contributed by atoms with Crippen LogP contribution in [0.4, 0.5) is 4.79 Å². The second-order valence-electron chi connectivity index (χ2n) is 6.50. The number of carbonyl (C=O) groups excluding carboxylic acids is 2. The minimum absolute atomic E-state index is 0. The second-order valence-corrected chi connectivity index (χ2v) is 6.50. The summed E-state index contributed by atoms with van der Waals surface area (Å²) in [5.74, 6) is 0.488. The Hall–Kier alpha value is -1.88. The fraction of sp³-hybridized carbons (Fsp3) is 0.550. The fourth-order valence-electron chi connectivity index (χ4n) is 3.26. The number of nitrogens with zero attached hydrogens (tertiary/aromatic N) is 3. The van der Waals surface area contributed by atoms with Gasteiger partial charge in [0.15, 0.2) is 5.96 Å². The first-order valence-electron chi connectivity index (χ1n) is 10.00. The molecule has 1 unspecified atom stereocenters. The van der Waals surface area contributed by atoms with Crippen LogP contribution < -0.4 is 16.0 Å². The number of rotatable bonds is 10. The van der Waals surface area contributed by atoms with Gasteiger partial charge in [0, 0.05) is 19.6 Å². The number of benzene rings is 1. The van der Waals surface area contributed by atoms with Gasteiger partial charge in [0.1, 0.15) is 0 Å². The molecule has 0 saturated carbocycles. The molecule has 2 rings (SSSR count). The van der Waals surface area contributed by atoms with Crippen molar-refractivity contribution in [2.75, 3.05) is 45.8 Å². The summed E-state index contributed by atoms with van der Waals surface area (Å²) >= 11 is 0. The Morgan fingerprint density at radius 3 is 2.41 bits per heavy atom. The number of hydrogen-bond acceptors (Lipinski definition) is 4. The summed E-state index contributed by atoms with van der Waals surface area (Å²) in [5.41, 5.74) is 1.24. The van der Waals surface area contributed by atoms with Crippen LogP contribution in [0.5, 0.6) is 0 Å². The zero-order valence-corrected chi connectivity index (χ0v) is 19.8. The van der Waals surface area contributed by atoms with Crippen molar-refractivity contribution in [1.29, 1.82) is 0 Å². The highest BCUT2D eigenvalue weighted by molar-refractivity contribution is 14.0. The summed E-state index contributed by atoms with van der Waals surface area (Å²) in [6.07, 6.45) is 0. The van der Waals surface area contributed by atoms with E-state index in [2.05, 4.69) is 59.0 Å². The number of aliphatic imine (C=N–C) groups is 1. The van der Waals surface area contributed by atoms with E-state index < -0.39 is 0 Å². The quantitative estimate of drug-likeness (QED) is 0.191. The number of guanidine groups is 1. The van der Waals surface area contributed by atoms with Crippen LogP contribution in [0.3, 0.4) is 0 Å². The molecular formula is C20H33IN6O2. The molecule has 1 aromatic rings. The fourth-order valence-corrected chi connectivity index (χ4v) is 3.26. The average molecular weight is 516 g/mol. The number of imide groups is 1. The molecule has 9 heteroatoms. The van der Waals surface area contributed by atoms with E-state index in [0.29, 0.717) is 25.6 Å². The second kappa shape index (κ2) is 13.4. The summed E-state index contributed by atoms with van der Waals surface area (Å²) in [6.45, 7) is 10.4. The highest BCUT2D eigenvalue weighted by Crippen LogP contribution is 2.20. The number of hydrogen-bond donors (Lipinski definition) is 3. The monoisotopic (exact) mass is 516 g/mol. The molecule has 29 heavy (non-hydrogen) atoms. The van der Waals surface area contributed by atoms with Gasteiger partial charge in [-0.05, 0) is 25.6 Å². The Labute approximate surface area is 190 Å². The zero-order chi connectivity index (χ0) is 20.4. The van der Waals surface area contributed by atoms with Crippen LogP contribution in [-0.2, 0) is 4.79 Å². The molecule has 1 atom stereocenters. The molecule has 3 N–H and O–H groups in total. The van der Waals surface area contributed by atoms with Gasteiger partial charge in [0.05, 0.1) is 19.1 Å². The molecule has 162 valence electrons. The Morgan fingerprint density at radius 2 is 1.86 bits per heavy atom. The zero-order valence-electron chi connectivity index (χ0n) is 17.5. The van der Waals surface area contributed by atoms with Crippen molar-refractivity contribution in [1.82, 2.24) is 25.8 Å². The predicted molar refractivity (Wildman–Crippen MR) is 127 cm³/mol. The maximum atomic E-state index is 11.7. The van der Waals surface area contributed by atoms with Gasteiger partial charge in [-0.25, -0.2) is 4.79 Å². The maximum absolute atomic E-state index is 11.7. The molecule has 0 spiro atoms. The highest BCUT2D eigenvalue weighted by atomic mass is 127. The smallest absolute Gasteiger partial charge is 0.324 e. The molecule has 1 saturated heterocycles. The molecule has 1 aliphatic rings. The molecule has 3 amide bonds. The van der Waals surface area contributed by atoms with Crippen molar-refractivity contribution in [3.05, 3.63) is 35.9 Å². The van der Waals surface area contributed by atoms with E-state index in [4.69, 9.17) is 4.99 Å². The molecule has 1 heterocycles. The van der Waals surface area contributed by atoms with Crippen LogP contribution in [-0.4, -0.2) is 73.5 Å². The Morgan fingerprint density at radius 1 is 1.17 bits per heavy atom. The van der Waals surface area contributed by atoms with E-state index in [0.717, 1.165) is 19.6 Å². The number of likely N-dealkylation sites (N-methyl/N-ethyl adjacent to an activating group) is 1. The molecule has 1 aliphatic heterocycles. The molecule has 0 bridgehead atoms. The minimum atomic E-state index is -0.334. The predicted octanol–water partition coefficient (Wildman–Crippen LogP) is 1.79. The summed E-state index contributed by atoms with van der Waals surface area (Å²) in [6, 6.07) is 10.3. The first-order chi connectivity index (χ1) is 13.6. The van der Waals surface area contributed by atoms with Gasteiger partial charge in [0.2, 0.25) is 5.91 Å². The molecule has 8 nitrogen and oxygen atoms in total. The van der Waals surface area contributed by atoms with E-state index in [1.807, 2.05) is 13.0 Å². The van der Waals surface area contributed by atoms with Crippen LogP contribution in [0.1, 0.15) is 32.4 Å². The van der Waals surface area contributed by atoms with E-state index >= 15 is 0 Å². The van der Waals surface area contributed by atoms with Crippen molar-refractivity contribution in [2.24, 2.45) is 4.99 Å². The number of carbonyl (C=O) groups is 2. The van der Waals surface area contributed by atoms with Crippen LogP contribution in [0, 0.1) is 0 Å². The summed E-state index contributed by atoms with van der Waals surface area (Å²) in [5, 5.41) is 8.97. The van der Waals surface area contributed by atoms with Gasteiger partial charge >= 0.3 is 6.03 Å². The number of amides is 3. The molecule has 0 aliphatic carbocycles. The van der Waals surface area contributed by atoms with Crippen molar-refractivity contribution >= 4 is 41.9 Å². The Kier molecular flexibility index (Phi) is 11.6. The third-order valence-corrected chi connectivity index (χ3v) is 4.77. The molecule has 0 radical (unpaired) electrons. The SMILES string of the molecule is CCNC(=NCC(c1ccccc1)N(CC)CC)NCCN1C(=O)CNC1=O.I. The average Bonchev–Trinajstić information content (AvgIpc) is 3.03. The van der Waals surface area contributed by atoms with Crippen LogP contribution in [0.15, 0.2) is 35.3 Å². The lowest BCUT2D eigenvalue weighted by molar-refractivity contribution is -0.124. The van der Waals surface area contributed by atoms with Gasteiger partial charge in [-0.3, -0.25) is 19.6 Å². The Balaban J connectivity index is 0.00000420. The molecule has 0 aromatic heterocycles. The van der Waals surface area contributed by atoms with Gasteiger partial charge in [0.25, 0.3) is 0 Å². The van der Waals surface area contributed by atoms with Gasteiger partial charge < -0.3 is 16.0 Å². The number of nitrogens with one attached hydrogen (secondary N) is 3. The van der Waals surface area contributed by atoms with Crippen molar-refractivity contribution < 1.29 is 9.59 Å². The Bertz CT molecular complexity index is 650. The van der Waals surface area contributed by atoms with Crippen molar-refractivity contribution in [3.8, 4) is 0 Å². The standard InChI is InChI=1S/C20H32N6O2.HI/c1-4-21-19(22-12-13-26-18(27)15-24-20(26)28)23-14-17(25(5-2)6-3)16-10-8-7-9-11-16;/h7-11,17H,4-6,12-15H2,1-3H3,(H,24,28)(H2,21,22,23);1H. The lowest BCUT2D eigenvalue weighted by atomic mass is 10.1.